The lowest BCUT2D eigenvalue weighted by Gasteiger charge is -2.30. The minimum absolute atomic E-state index is 0.0498. The first-order chi connectivity index (χ1) is 17.0. The molecule has 0 spiro atoms. The van der Waals surface area contributed by atoms with E-state index in [9.17, 15) is 26.4 Å². The van der Waals surface area contributed by atoms with E-state index in [1.807, 2.05) is 12.1 Å². The lowest BCUT2D eigenvalue weighted by Crippen LogP contribution is -2.27. The summed E-state index contributed by atoms with van der Waals surface area (Å²) in [6.07, 6.45) is -2.93. The molecule has 1 fully saturated rings. The van der Waals surface area contributed by atoms with Gasteiger partial charge in [-0.2, -0.15) is 21.6 Å². The zero-order valence-electron chi connectivity index (χ0n) is 19.1. The molecule has 0 aliphatic heterocycles. The number of ether oxygens (including phenoxy) is 1. The first kappa shape index (κ1) is 26.0. The number of aromatic nitrogens is 1. The predicted molar refractivity (Wildman–Crippen MR) is 129 cm³/mol. The third-order valence-electron chi connectivity index (χ3n) is 6.27. The van der Waals surface area contributed by atoms with Gasteiger partial charge in [0, 0.05) is 10.9 Å². The van der Waals surface area contributed by atoms with Gasteiger partial charge in [-0.25, -0.2) is 9.78 Å². The Morgan fingerprint density at radius 1 is 1.11 bits per heavy atom. The Bertz CT molecular complexity index is 1350. The number of halogens is 3. The van der Waals surface area contributed by atoms with E-state index in [-0.39, 0.29) is 40.8 Å². The van der Waals surface area contributed by atoms with Gasteiger partial charge in [-0.05, 0) is 55.4 Å². The molecule has 1 saturated carbocycles. The highest BCUT2D eigenvalue weighted by Crippen LogP contribution is 2.43. The van der Waals surface area contributed by atoms with Crippen molar-refractivity contribution in [3.05, 3.63) is 59.0 Å². The largest absolute Gasteiger partial charge is 0.495 e. The highest BCUT2D eigenvalue weighted by atomic mass is 32.2. The molecule has 3 aromatic rings. The minimum Gasteiger partial charge on any atom is -0.495 e. The van der Waals surface area contributed by atoms with Crippen molar-refractivity contribution < 1.29 is 36.2 Å². The standard InChI is InChI=1S/C24H23F3N2O5S2/c1-34-20-12-17(23(30)31)8-11-19(20)29-36(32,33)21-13-35-22(28-21)16-4-2-14(3-5-16)15-6-9-18(10-7-15)24(25,26)27/h2-5,8,11-13,15,18,29H,6-7,9-10H2,1H3,(H,30,31)/t15-,18+. The van der Waals surface area contributed by atoms with Crippen LogP contribution in [-0.2, 0) is 10.0 Å². The van der Waals surface area contributed by atoms with Crippen molar-refractivity contribution in [1.82, 2.24) is 4.98 Å². The summed E-state index contributed by atoms with van der Waals surface area (Å²) in [5.41, 5.74) is 1.67. The number of alkyl halides is 3. The second-order valence-electron chi connectivity index (χ2n) is 8.53. The molecular weight excluding hydrogens is 517 g/mol. The summed E-state index contributed by atoms with van der Waals surface area (Å²) < 4.78 is 72.0. The highest BCUT2D eigenvalue weighted by molar-refractivity contribution is 7.92. The smallest absolute Gasteiger partial charge is 0.391 e. The molecule has 1 aliphatic rings. The molecule has 0 saturated heterocycles. The molecule has 4 rings (SSSR count). The van der Waals surface area contributed by atoms with Gasteiger partial charge in [-0.3, -0.25) is 4.72 Å². The van der Waals surface area contributed by atoms with Crippen molar-refractivity contribution >= 4 is 33.0 Å². The molecule has 0 bridgehead atoms. The molecule has 12 heteroatoms. The number of thiazole rings is 1. The fourth-order valence-electron chi connectivity index (χ4n) is 4.27. The third kappa shape index (κ3) is 5.65. The van der Waals surface area contributed by atoms with Crippen LogP contribution in [0, 0.1) is 5.92 Å². The Kier molecular flexibility index (Phi) is 7.28. The molecule has 1 aliphatic carbocycles. The molecule has 2 aromatic carbocycles. The van der Waals surface area contributed by atoms with Crippen molar-refractivity contribution in [2.24, 2.45) is 5.92 Å². The first-order valence-electron chi connectivity index (χ1n) is 11.0. The van der Waals surface area contributed by atoms with Gasteiger partial charge in [-0.15, -0.1) is 11.3 Å². The molecule has 1 aromatic heterocycles. The van der Waals surface area contributed by atoms with Gasteiger partial charge >= 0.3 is 12.1 Å². The van der Waals surface area contributed by atoms with Crippen molar-refractivity contribution in [1.29, 1.82) is 0 Å². The molecule has 0 atom stereocenters. The van der Waals surface area contributed by atoms with Gasteiger partial charge in [0.15, 0.2) is 5.03 Å². The summed E-state index contributed by atoms with van der Waals surface area (Å²) in [5.74, 6) is -2.29. The van der Waals surface area contributed by atoms with Crippen LogP contribution in [0.15, 0.2) is 52.9 Å². The normalized spacial score (nSPS) is 18.6. The molecule has 0 unspecified atom stereocenters. The van der Waals surface area contributed by atoms with E-state index in [0.717, 1.165) is 16.9 Å². The number of carbonyl (C=O) groups is 1. The molecule has 2 N–H and O–H groups in total. The summed E-state index contributed by atoms with van der Waals surface area (Å²) in [6.45, 7) is 0. The number of sulfonamides is 1. The molecule has 192 valence electrons. The van der Waals surface area contributed by atoms with Crippen LogP contribution < -0.4 is 9.46 Å². The van der Waals surface area contributed by atoms with Crippen LogP contribution in [-0.4, -0.2) is 37.8 Å². The number of hydrogen-bond donors (Lipinski definition) is 2. The van der Waals surface area contributed by atoms with E-state index in [0.29, 0.717) is 23.4 Å². The van der Waals surface area contributed by atoms with Gasteiger partial charge in [0.1, 0.15) is 10.8 Å². The number of hydrogen-bond acceptors (Lipinski definition) is 6. The maximum absolute atomic E-state index is 12.9. The molecule has 0 radical (unpaired) electrons. The summed E-state index contributed by atoms with van der Waals surface area (Å²) in [6, 6.07) is 11.1. The quantitative estimate of drug-likeness (QED) is 0.372. The van der Waals surface area contributed by atoms with Gasteiger partial charge in [0.25, 0.3) is 10.0 Å². The van der Waals surface area contributed by atoms with Gasteiger partial charge in [0.2, 0.25) is 0 Å². The number of nitrogens with zero attached hydrogens (tertiary/aromatic N) is 1. The molecule has 0 amide bonds. The van der Waals surface area contributed by atoms with Crippen LogP contribution in [0.5, 0.6) is 5.75 Å². The zero-order chi connectivity index (χ0) is 26.1. The van der Waals surface area contributed by atoms with Gasteiger partial charge in [-0.1, -0.05) is 24.3 Å². The average Bonchev–Trinajstić information content (AvgIpc) is 3.35. The van der Waals surface area contributed by atoms with E-state index in [1.165, 1.54) is 30.7 Å². The number of methoxy groups -OCH3 is 1. The second kappa shape index (κ2) is 10.1. The Morgan fingerprint density at radius 3 is 2.36 bits per heavy atom. The second-order valence-corrected chi connectivity index (χ2v) is 11.0. The van der Waals surface area contributed by atoms with Gasteiger partial charge in [0.05, 0.1) is 24.3 Å². The van der Waals surface area contributed by atoms with Crippen LogP contribution in [0.25, 0.3) is 10.6 Å². The minimum atomic E-state index is -4.14. The number of carboxylic acid groups (broad SMARTS) is 1. The van der Waals surface area contributed by atoms with Crippen LogP contribution >= 0.6 is 11.3 Å². The fraction of sp³-hybridized carbons (Fsp3) is 0.333. The summed E-state index contributed by atoms with van der Waals surface area (Å²) >= 11 is 1.14. The SMILES string of the molecule is COc1cc(C(=O)O)ccc1NS(=O)(=O)c1csc(-c2ccc([C@H]3CC[C@@H](C(F)(F)F)CC3)cc2)n1. The number of rotatable bonds is 7. The molecule has 36 heavy (non-hydrogen) atoms. The number of aromatic carboxylic acids is 1. The Morgan fingerprint density at radius 2 is 1.78 bits per heavy atom. The van der Waals surface area contributed by atoms with Crippen LogP contribution in [0.3, 0.4) is 0 Å². The number of carboxylic acids is 1. The van der Waals surface area contributed by atoms with Gasteiger partial charge < -0.3 is 9.84 Å². The Hall–Kier alpha value is -3.12. The van der Waals surface area contributed by atoms with E-state index in [2.05, 4.69) is 9.71 Å². The zero-order valence-corrected chi connectivity index (χ0v) is 20.7. The van der Waals surface area contributed by atoms with Crippen molar-refractivity contribution in [2.45, 2.75) is 42.8 Å². The molecular formula is C24H23F3N2O5S2. The summed E-state index contributed by atoms with van der Waals surface area (Å²) in [4.78, 5) is 15.4. The topological polar surface area (TPSA) is 106 Å². The lowest BCUT2D eigenvalue weighted by atomic mass is 9.78. The van der Waals surface area contributed by atoms with Crippen molar-refractivity contribution in [2.75, 3.05) is 11.8 Å². The first-order valence-corrected chi connectivity index (χ1v) is 13.4. The fourth-order valence-corrected chi connectivity index (χ4v) is 6.44. The Labute approximate surface area is 210 Å². The average molecular weight is 541 g/mol. The number of benzene rings is 2. The molecule has 7 nitrogen and oxygen atoms in total. The number of nitrogens with one attached hydrogen (secondary N) is 1. The maximum Gasteiger partial charge on any atom is 0.391 e. The maximum atomic E-state index is 12.9. The van der Waals surface area contributed by atoms with Crippen molar-refractivity contribution in [3.63, 3.8) is 0 Å². The predicted octanol–water partition coefficient (Wildman–Crippen LogP) is 6.15. The van der Waals surface area contributed by atoms with Crippen LogP contribution in [0.1, 0.15) is 47.5 Å². The van der Waals surface area contributed by atoms with E-state index in [1.54, 1.807) is 12.1 Å². The van der Waals surface area contributed by atoms with E-state index < -0.39 is 28.1 Å². The summed E-state index contributed by atoms with van der Waals surface area (Å²) in [7, 11) is -2.78. The monoisotopic (exact) mass is 540 g/mol. The van der Waals surface area contributed by atoms with Crippen LogP contribution in [0.2, 0.25) is 0 Å². The van der Waals surface area contributed by atoms with E-state index in [4.69, 9.17) is 9.84 Å². The van der Waals surface area contributed by atoms with Crippen LogP contribution in [0.4, 0.5) is 18.9 Å². The number of anilines is 1. The highest BCUT2D eigenvalue weighted by Gasteiger charge is 2.41. The molecule has 1 heterocycles. The van der Waals surface area contributed by atoms with Crippen molar-refractivity contribution in [3.8, 4) is 16.3 Å². The summed E-state index contributed by atoms with van der Waals surface area (Å²) in [5, 5.41) is 10.8. The third-order valence-corrected chi connectivity index (χ3v) is 8.56. The van der Waals surface area contributed by atoms with E-state index >= 15 is 0 Å². The Balaban J connectivity index is 1.46. The lowest BCUT2D eigenvalue weighted by molar-refractivity contribution is -0.182.